The van der Waals surface area contributed by atoms with Crippen LogP contribution in [0.1, 0.15) is 6.92 Å². The second-order valence-electron chi connectivity index (χ2n) is 5.33. The Labute approximate surface area is 130 Å². The maximum atomic E-state index is 4.52. The number of anilines is 1. The van der Waals surface area contributed by atoms with Crippen molar-refractivity contribution in [3.63, 3.8) is 0 Å². The topological polar surface area (TPSA) is 48.5 Å². The molecule has 2 atom stereocenters. The first-order valence-corrected chi connectivity index (χ1v) is 8.37. The summed E-state index contributed by atoms with van der Waals surface area (Å²) in [5.74, 6) is 0.419. The molecule has 5 heteroatoms. The average molecular weight is 302 g/mol. The molecule has 0 aliphatic carbocycles. The summed E-state index contributed by atoms with van der Waals surface area (Å²) >= 11 is 1.89. The minimum absolute atomic E-state index is 0.414. The Morgan fingerprint density at radius 3 is 2.52 bits per heavy atom. The van der Waals surface area contributed by atoms with Crippen LogP contribution in [0.25, 0.3) is 0 Å². The summed E-state index contributed by atoms with van der Waals surface area (Å²) in [6.07, 6.45) is 4.32. The van der Waals surface area contributed by atoms with Gasteiger partial charge in [0, 0.05) is 38.3 Å². The Balaban J connectivity index is 0.000000186. The zero-order valence-electron chi connectivity index (χ0n) is 12.3. The van der Waals surface area contributed by atoms with Crippen molar-refractivity contribution in [2.75, 3.05) is 31.5 Å². The van der Waals surface area contributed by atoms with Gasteiger partial charge in [0.25, 0.3) is 0 Å². The van der Waals surface area contributed by atoms with Gasteiger partial charge < -0.3 is 16.0 Å². The zero-order chi connectivity index (χ0) is 14.5. The highest BCUT2D eigenvalue weighted by Crippen LogP contribution is 2.39. The van der Waals surface area contributed by atoms with Gasteiger partial charge in [0.1, 0.15) is 0 Å². The predicted molar refractivity (Wildman–Crippen MR) is 92.6 cm³/mol. The van der Waals surface area contributed by atoms with E-state index in [0.717, 1.165) is 37.6 Å². The number of hydrogen-bond donors (Lipinski definition) is 3. The van der Waals surface area contributed by atoms with Crippen molar-refractivity contribution in [1.82, 2.24) is 10.6 Å². The highest BCUT2D eigenvalue weighted by molar-refractivity contribution is 8.04. The van der Waals surface area contributed by atoms with E-state index in [2.05, 4.69) is 40.0 Å². The SMILES string of the molecule is C1CNCCN1.CC1=CC2C=Nc3ccccc3NC2S1. The number of rotatable bonds is 0. The van der Waals surface area contributed by atoms with Gasteiger partial charge in [-0.25, -0.2) is 0 Å². The lowest BCUT2D eigenvalue weighted by Gasteiger charge is -2.16. The van der Waals surface area contributed by atoms with Gasteiger partial charge in [-0.05, 0) is 24.0 Å². The van der Waals surface area contributed by atoms with Crippen LogP contribution in [0.2, 0.25) is 0 Å². The number of thioether (sulfide) groups is 1. The predicted octanol–water partition coefficient (Wildman–Crippen LogP) is 2.59. The van der Waals surface area contributed by atoms with Gasteiger partial charge in [-0.15, -0.1) is 11.8 Å². The number of allylic oxidation sites excluding steroid dienone is 1. The minimum Gasteiger partial charge on any atom is -0.370 e. The number of aliphatic imine (C=N–C) groups is 1. The molecule has 0 bridgehead atoms. The van der Waals surface area contributed by atoms with Crippen LogP contribution in [0.3, 0.4) is 0 Å². The van der Waals surface area contributed by atoms with Crippen molar-refractivity contribution < 1.29 is 0 Å². The van der Waals surface area contributed by atoms with Crippen LogP contribution in [0.4, 0.5) is 11.4 Å². The molecule has 3 aliphatic heterocycles. The van der Waals surface area contributed by atoms with Gasteiger partial charge >= 0.3 is 0 Å². The first kappa shape index (κ1) is 14.6. The molecule has 2 unspecified atom stereocenters. The molecule has 0 saturated carbocycles. The van der Waals surface area contributed by atoms with Crippen molar-refractivity contribution in [2.45, 2.75) is 12.3 Å². The van der Waals surface area contributed by atoms with Crippen LogP contribution in [-0.4, -0.2) is 37.8 Å². The van der Waals surface area contributed by atoms with Crippen molar-refractivity contribution >= 4 is 29.4 Å². The van der Waals surface area contributed by atoms with E-state index in [-0.39, 0.29) is 0 Å². The van der Waals surface area contributed by atoms with E-state index in [9.17, 15) is 0 Å². The summed E-state index contributed by atoms with van der Waals surface area (Å²) in [4.78, 5) is 5.90. The molecular formula is C16H22N4S. The molecule has 4 rings (SSSR count). The summed E-state index contributed by atoms with van der Waals surface area (Å²) in [6.45, 7) is 6.71. The molecule has 1 aromatic rings. The lowest BCUT2D eigenvalue weighted by molar-refractivity contribution is 0.534. The first-order valence-electron chi connectivity index (χ1n) is 7.49. The average Bonchev–Trinajstić information content (AvgIpc) is 2.79. The molecule has 3 heterocycles. The number of para-hydroxylation sites is 2. The molecule has 0 radical (unpaired) electrons. The fourth-order valence-electron chi connectivity index (χ4n) is 2.55. The van der Waals surface area contributed by atoms with E-state index in [1.54, 1.807) is 0 Å². The smallest absolute Gasteiger partial charge is 0.0879 e. The van der Waals surface area contributed by atoms with Crippen LogP contribution < -0.4 is 16.0 Å². The third-order valence-corrected chi connectivity index (χ3v) is 4.83. The Kier molecular flexibility index (Phi) is 4.95. The molecule has 21 heavy (non-hydrogen) atoms. The maximum Gasteiger partial charge on any atom is 0.0879 e. The van der Waals surface area contributed by atoms with Crippen LogP contribution in [0.15, 0.2) is 40.2 Å². The number of fused-ring (bicyclic) bond motifs is 2. The quantitative estimate of drug-likeness (QED) is 0.689. The largest absolute Gasteiger partial charge is 0.370 e. The van der Waals surface area contributed by atoms with Gasteiger partial charge in [-0.2, -0.15) is 0 Å². The van der Waals surface area contributed by atoms with E-state index < -0.39 is 0 Å². The van der Waals surface area contributed by atoms with Crippen molar-refractivity contribution in [2.24, 2.45) is 10.9 Å². The van der Waals surface area contributed by atoms with Crippen molar-refractivity contribution in [3.8, 4) is 0 Å². The number of piperazine rings is 1. The second-order valence-corrected chi connectivity index (χ2v) is 6.72. The molecule has 4 nitrogen and oxygen atoms in total. The summed E-state index contributed by atoms with van der Waals surface area (Å²) in [5.41, 5.74) is 2.18. The van der Waals surface area contributed by atoms with Crippen LogP contribution >= 0.6 is 11.8 Å². The van der Waals surface area contributed by atoms with Crippen LogP contribution in [0.5, 0.6) is 0 Å². The molecule has 112 valence electrons. The minimum atomic E-state index is 0.414. The molecule has 1 saturated heterocycles. The molecule has 0 amide bonds. The fourth-order valence-corrected chi connectivity index (χ4v) is 3.68. The van der Waals surface area contributed by atoms with Crippen molar-refractivity contribution in [1.29, 1.82) is 0 Å². The summed E-state index contributed by atoms with van der Waals surface area (Å²) < 4.78 is 0. The first-order chi connectivity index (χ1) is 10.3. The number of hydrogen-bond acceptors (Lipinski definition) is 5. The monoisotopic (exact) mass is 302 g/mol. The summed E-state index contributed by atoms with van der Waals surface area (Å²) in [7, 11) is 0. The van der Waals surface area contributed by atoms with E-state index in [1.807, 2.05) is 36.2 Å². The molecule has 1 fully saturated rings. The highest BCUT2D eigenvalue weighted by atomic mass is 32.2. The van der Waals surface area contributed by atoms with Crippen LogP contribution in [0, 0.1) is 5.92 Å². The number of benzene rings is 1. The highest BCUT2D eigenvalue weighted by Gasteiger charge is 2.27. The normalized spacial score (nSPS) is 26.4. The lowest BCUT2D eigenvalue weighted by atomic mass is 10.1. The van der Waals surface area contributed by atoms with E-state index in [0.29, 0.717) is 11.3 Å². The second kappa shape index (κ2) is 7.11. The lowest BCUT2D eigenvalue weighted by Crippen LogP contribution is -2.39. The van der Waals surface area contributed by atoms with E-state index >= 15 is 0 Å². The Hall–Kier alpha value is -1.30. The Bertz CT molecular complexity index is 525. The molecule has 1 aromatic carbocycles. The van der Waals surface area contributed by atoms with Gasteiger partial charge in [-0.3, -0.25) is 4.99 Å². The summed E-state index contributed by atoms with van der Waals surface area (Å²) in [6, 6.07) is 8.19. The number of nitrogens with zero attached hydrogens (tertiary/aromatic N) is 1. The van der Waals surface area contributed by atoms with Gasteiger partial charge in [0.05, 0.1) is 16.7 Å². The maximum absolute atomic E-state index is 4.52. The van der Waals surface area contributed by atoms with E-state index in [4.69, 9.17) is 0 Å². The molecule has 0 aromatic heterocycles. The van der Waals surface area contributed by atoms with Crippen molar-refractivity contribution in [3.05, 3.63) is 35.2 Å². The zero-order valence-corrected chi connectivity index (χ0v) is 13.1. The van der Waals surface area contributed by atoms with Gasteiger partial charge in [0.2, 0.25) is 0 Å². The molecule has 0 spiro atoms. The van der Waals surface area contributed by atoms with Crippen LogP contribution in [-0.2, 0) is 0 Å². The molecule has 3 N–H and O–H groups in total. The third kappa shape index (κ3) is 3.87. The standard InChI is InChI=1S/C12H12N2S.C4H10N2/c1-8-6-9-7-13-10-4-2-3-5-11(10)14-12(9)15-8;1-2-6-4-3-5-1/h2-7,9,12,14H,1H3;5-6H,1-4H2. The van der Waals surface area contributed by atoms with Gasteiger partial charge in [0.15, 0.2) is 0 Å². The number of nitrogens with one attached hydrogen (secondary N) is 3. The third-order valence-electron chi connectivity index (χ3n) is 3.63. The Morgan fingerprint density at radius 1 is 1.10 bits per heavy atom. The van der Waals surface area contributed by atoms with E-state index in [1.165, 1.54) is 4.91 Å². The summed E-state index contributed by atoms with van der Waals surface area (Å²) in [5, 5.41) is 10.4. The molecular weight excluding hydrogens is 280 g/mol. The van der Waals surface area contributed by atoms with Gasteiger partial charge in [-0.1, -0.05) is 18.2 Å². The Morgan fingerprint density at radius 2 is 1.81 bits per heavy atom. The molecule has 3 aliphatic rings. The fraction of sp³-hybridized carbons (Fsp3) is 0.438.